The molecule has 1 heterocycles. The van der Waals surface area contributed by atoms with Gasteiger partial charge in [0, 0.05) is 21.6 Å². The van der Waals surface area contributed by atoms with Gasteiger partial charge in [-0.05, 0) is 43.7 Å². The van der Waals surface area contributed by atoms with E-state index < -0.39 is 6.04 Å². The van der Waals surface area contributed by atoms with E-state index in [1.807, 2.05) is 49.4 Å². The summed E-state index contributed by atoms with van der Waals surface area (Å²) in [6.45, 7) is 4.08. The van der Waals surface area contributed by atoms with E-state index in [2.05, 4.69) is 15.7 Å². The first-order valence-electron chi connectivity index (χ1n) is 9.70. The van der Waals surface area contributed by atoms with Crippen molar-refractivity contribution in [2.24, 2.45) is 0 Å². The second kappa shape index (κ2) is 10.9. The number of ether oxygens (including phenoxy) is 1. The van der Waals surface area contributed by atoms with Crippen molar-refractivity contribution in [1.82, 2.24) is 10.3 Å². The number of benzene rings is 2. The largest absolute Gasteiger partial charge is 0.466 e. The lowest BCUT2D eigenvalue weighted by Gasteiger charge is -2.18. The molecule has 0 fully saturated rings. The van der Waals surface area contributed by atoms with E-state index in [9.17, 15) is 9.59 Å². The topological polar surface area (TPSA) is 68.3 Å². The van der Waals surface area contributed by atoms with Crippen LogP contribution in [0.4, 0.5) is 0 Å². The number of rotatable bonds is 9. The van der Waals surface area contributed by atoms with Crippen LogP contribution in [0.15, 0.2) is 64.9 Å². The highest BCUT2D eigenvalue weighted by atomic mass is 32.2. The van der Waals surface area contributed by atoms with Gasteiger partial charge in [0.2, 0.25) is 0 Å². The quantitative estimate of drug-likeness (QED) is 0.367. The van der Waals surface area contributed by atoms with Gasteiger partial charge in [-0.2, -0.15) is 0 Å². The highest BCUT2D eigenvalue weighted by molar-refractivity contribution is 7.98. The number of hydrogen-bond acceptors (Lipinski definition) is 6. The lowest BCUT2D eigenvalue weighted by Crippen LogP contribution is -2.30. The Morgan fingerprint density at radius 1 is 1.13 bits per heavy atom. The summed E-state index contributed by atoms with van der Waals surface area (Å²) in [6.07, 6.45) is 0.0879. The minimum Gasteiger partial charge on any atom is -0.466 e. The predicted octanol–water partition coefficient (Wildman–Crippen LogP) is 5.17. The van der Waals surface area contributed by atoms with E-state index in [4.69, 9.17) is 4.74 Å². The summed E-state index contributed by atoms with van der Waals surface area (Å²) >= 11 is 3.33. The summed E-state index contributed by atoms with van der Waals surface area (Å²) in [5, 5.41) is 6.09. The van der Waals surface area contributed by atoms with Gasteiger partial charge in [-0.1, -0.05) is 30.3 Å². The van der Waals surface area contributed by atoms with Crippen molar-refractivity contribution in [3.8, 4) is 0 Å². The van der Waals surface area contributed by atoms with E-state index in [1.54, 1.807) is 42.2 Å². The third kappa shape index (κ3) is 6.43. The number of aryl methyl sites for hydroxylation is 1. The Kier molecular flexibility index (Phi) is 8.04. The molecule has 0 bridgehead atoms. The Morgan fingerprint density at radius 2 is 1.87 bits per heavy atom. The molecule has 1 amide bonds. The summed E-state index contributed by atoms with van der Waals surface area (Å²) in [6, 6.07) is 16.5. The monoisotopic (exact) mass is 440 g/mol. The predicted molar refractivity (Wildman–Crippen MR) is 121 cm³/mol. The number of aromatic nitrogens is 1. The minimum absolute atomic E-state index is 0.0879. The van der Waals surface area contributed by atoms with Crippen molar-refractivity contribution >= 4 is 35.0 Å². The van der Waals surface area contributed by atoms with Crippen LogP contribution in [-0.4, -0.2) is 23.5 Å². The van der Waals surface area contributed by atoms with Gasteiger partial charge in [-0.25, -0.2) is 4.98 Å². The molecule has 2 aromatic carbocycles. The molecule has 0 saturated carbocycles. The molecule has 3 aromatic rings. The van der Waals surface area contributed by atoms with Crippen LogP contribution < -0.4 is 5.32 Å². The second-order valence-corrected chi connectivity index (χ2v) is 8.73. The first kappa shape index (κ1) is 22.1. The van der Waals surface area contributed by atoms with Gasteiger partial charge in [-0.3, -0.25) is 9.59 Å². The summed E-state index contributed by atoms with van der Waals surface area (Å²) in [7, 11) is 0. The Labute approximate surface area is 184 Å². The van der Waals surface area contributed by atoms with E-state index in [0.29, 0.717) is 12.2 Å². The number of amides is 1. The maximum Gasteiger partial charge on any atom is 0.308 e. The highest BCUT2D eigenvalue weighted by Gasteiger charge is 2.20. The number of thioether (sulfide) groups is 1. The molecule has 0 aliphatic heterocycles. The van der Waals surface area contributed by atoms with Crippen molar-refractivity contribution in [3.63, 3.8) is 0 Å². The molecular formula is C23H24N2O3S2. The summed E-state index contributed by atoms with van der Waals surface area (Å²) in [5.41, 5.74) is 2.48. The normalized spacial score (nSPS) is 11.7. The number of hydrogen-bond donors (Lipinski definition) is 1. The average molecular weight is 441 g/mol. The molecular weight excluding hydrogens is 416 g/mol. The lowest BCUT2D eigenvalue weighted by atomic mass is 10.0. The zero-order valence-electron chi connectivity index (χ0n) is 17.0. The Hall–Kier alpha value is -2.64. The summed E-state index contributed by atoms with van der Waals surface area (Å²) in [5.74, 6) is 0.237. The molecule has 1 aromatic heterocycles. The van der Waals surface area contributed by atoms with Crippen molar-refractivity contribution in [3.05, 3.63) is 81.8 Å². The third-order valence-corrected chi connectivity index (χ3v) is 6.22. The first-order chi connectivity index (χ1) is 14.5. The van der Waals surface area contributed by atoms with E-state index >= 15 is 0 Å². The molecule has 3 rings (SSSR count). The van der Waals surface area contributed by atoms with Gasteiger partial charge < -0.3 is 10.1 Å². The fraction of sp³-hybridized carbons (Fsp3) is 0.261. The van der Waals surface area contributed by atoms with Crippen LogP contribution in [0.2, 0.25) is 0 Å². The van der Waals surface area contributed by atoms with Crippen LogP contribution in [0.25, 0.3) is 0 Å². The molecule has 30 heavy (non-hydrogen) atoms. The van der Waals surface area contributed by atoms with Gasteiger partial charge >= 0.3 is 5.97 Å². The molecule has 0 radical (unpaired) electrons. The zero-order chi connectivity index (χ0) is 21.3. The lowest BCUT2D eigenvalue weighted by molar-refractivity contribution is -0.143. The maximum absolute atomic E-state index is 12.8. The SMILES string of the molecule is CCOC(=O)CC(NC(=O)c1ccc(SCc2csc(C)n2)cc1)c1ccccc1. The number of nitrogens with one attached hydrogen (secondary N) is 1. The maximum atomic E-state index is 12.8. The summed E-state index contributed by atoms with van der Waals surface area (Å²) < 4.78 is 5.06. The van der Waals surface area contributed by atoms with E-state index in [1.165, 1.54) is 0 Å². The van der Waals surface area contributed by atoms with E-state index in [-0.39, 0.29) is 18.3 Å². The van der Waals surface area contributed by atoms with Crippen molar-refractivity contribution in [2.75, 3.05) is 6.61 Å². The van der Waals surface area contributed by atoms with Crippen molar-refractivity contribution in [1.29, 1.82) is 0 Å². The smallest absolute Gasteiger partial charge is 0.308 e. The molecule has 0 spiro atoms. The number of carbonyl (C=O) groups is 2. The Balaban J connectivity index is 1.63. The summed E-state index contributed by atoms with van der Waals surface area (Å²) in [4.78, 5) is 30.3. The fourth-order valence-electron chi connectivity index (χ4n) is 2.90. The van der Waals surface area contributed by atoms with Gasteiger partial charge in [0.05, 0.1) is 29.8 Å². The van der Waals surface area contributed by atoms with Crippen LogP contribution in [-0.2, 0) is 15.3 Å². The van der Waals surface area contributed by atoms with Crippen LogP contribution in [0.5, 0.6) is 0 Å². The van der Waals surface area contributed by atoms with Gasteiger partial charge in [0.25, 0.3) is 5.91 Å². The molecule has 0 saturated heterocycles. The number of thiazole rings is 1. The van der Waals surface area contributed by atoms with Crippen LogP contribution in [0.1, 0.15) is 46.0 Å². The Bertz CT molecular complexity index is 972. The molecule has 0 aliphatic rings. The van der Waals surface area contributed by atoms with Crippen molar-refractivity contribution in [2.45, 2.75) is 37.0 Å². The molecule has 156 valence electrons. The molecule has 5 nitrogen and oxygen atoms in total. The third-order valence-electron chi connectivity index (χ3n) is 4.35. The fourth-order valence-corrected chi connectivity index (χ4v) is 4.41. The molecule has 1 N–H and O–H groups in total. The van der Waals surface area contributed by atoms with Gasteiger partial charge in [0.15, 0.2) is 0 Å². The number of esters is 1. The molecule has 7 heteroatoms. The first-order valence-corrected chi connectivity index (χ1v) is 11.6. The standard InChI is InChI=1S/C23H24N2O3S2/c1-3-28-22(26)13-21(17-7-5-4-6-8-17)25-23(27)18-9-11-20(12-10-18)30-15-19-14-29-16(2)24-19/h4-12,14,21H,3,13,15H2,1-2H3,(H,25,27). The second-order valence-electron chi connectivity index (χ2n) is 6.62. The Morgan fingerprint density at radius 3 is 2.50 bits per heavy atom. The zero-order valence-corrected chi connectivity index (χ0v) is 18.6. The average Bonchev–Trinajstić information content (AvgIpc) is 3.18. The van der Waals surface area contributed by atoms with Gasteiger partial charge in [0.1, 0.15) is 0 Å². The van der Waals surface area contributed by atoms with Crippen LogP contribution in [0.3, 0.4) is 0 Å². The van der Waals surface area contributed by atoms with E-state index in [0.717, 1.165) is 26.9 Å². The van der Waals surface area contributed by atoms with Crippen LogP contribution in [0, 0.1) is 6.92 Å². The molecule has 1 unspecified atom stereocenters. The minimum atomic E-state index is -0.445. The number of carbonyl (C=O) groups excluding carboxylic acids is 2. The van der Waals surface area contributed by atoms with Crippen LogP contribution >= 0.6 is 23.1 Å². The van der Waals surface area contributed by atoms with Crippen molar-refractivity contribution < 1.29 is 14.3 Å². The molecule has 0 aliphatic carbocycles. The highest BCUT2D eigenvalue weighted by Crippen LogP contribution is 2.24. The molecule has 1 atom stereocenters. The number of nitrogens with zero attached hydrogens (tertiary/aromatic N) is 1. The van der Waals surface area contributed by atoms with Gasteiger partial charge in [-0.15, -0.1) is 23.1 Å².